The Morgan fingerprint density at radius 2 is 2.43 bits per heavy atom. The summed E-state index contributed by atoms with van der Waals surface area (Å²) in [5, 5.41) is 0.864. The molecule has 1 fully saturated rings. The van der Waals surface area contributed by atoms with Crippen molar-refractivity contribution in [1.29, 1.82) is 0 Å². The van der Waals surface area contributed by atoms with Gasteiger partial charge in [-0.05, 0) is 30.9 Å². The molecular weight excluding hydrogens is 196 g/mol. The summed E-state index contributed by atoms with van der Waals surface area (Å²) in [5.74, 6) is 1.47. The molecule has 2 rings (SSSR count). The standard InChI is InChI=1S/C10H14N2OS/c11-9-2-1-5-12-10(9)14-7-13-6-8-3-4-8/h1-2,5,8H,3-4,6-7,11H2. The summed E-state index contributed by atoms with van der Waals surface area (Å²) in [7, 11) is 0. The average Bonchev–Trinajstić information content (AvgIpc) is 2.99. The molecule has 0 spiro atoms. The number of nitrogens with two attached hydrogens (primary N) is 1. The Morgan fingerprint density at radius 3 is 3.14 bits per heavy atom. The van der Waals surface area contributed by atoms with Crippen molar-refractivity contribution >= 4 is 17.4 Å². The lowest BCUT2D eigenvalue weighted by molar-refractivity contribution is 0.171. The number of nitrogens with zero attached hydrogens (tertiary/aromatic N) is 1. The van der Waals surface area contributed by atoms with Gasteiger partial charge in [-0.1, -0.05) is 11.8 Å². The van der Waals surface area contributed by atoms with E-state index in [-0.39, 0.29) is 0 Å². The second-order valence-electron chi connectivity index (χ2n) is 3.47. The van der Waals surface area contributed by atoms with Gasteiger partial charge in [0.05, 0.1) is 18.2 Å². The summed E-state index contributed by atoms with van der Waals surface area (Å²) in [6.45, 7) is 0.889. The Balaban J connectivity index is 1.71. The first-order valence-electron chi connectivity index (χ1n) is 4.77. The van der Waals surface area contributed by atoms with Gasteiger partial charge in [-0.25, -0.2) is 4.98 Å². The number of ether oxygens (including phenoxy) is 1. The van der Waals surface area contributed by atoms with E-state index in [0.717, 1.165) is 23.2 Å². The molecule has 76 valence electrons. The zero-order valence-electron chi connectivity index (χ0n) is 7.98. The predicted molar refractivity (Wildman–Crippen MR) is 58.0 cm³/mol. The highest BCUT2D eigenvalue weighted by Crippen LogP contribution is 2.29. The SMILES string of the molecule is Nc1cccnc1SCOCC1CC1. The maximum Gasteiger partial charge on any atom is 0.121 e. The van der Waals surface area contributed by atoms with Crippen molar-refractivity contribution in [2.45, 2.75) is 17.9 Å². The second-order valence-corrected chi connectivity index (χ2v) is 4.39. The molecule has 2 N–H and O–H groups in total. The Morgan fingerprint density at radius 1 is 1.57 bits per heavy atom. The average molecular weight is 210 g/mol. The lowest BCUT2D eigenvalue weighted by atomic mass is 10.4. The van der Waals surface area contributed by atoms with Crippen LogP contribution in [0.1, 0.15) is 12.8 Å². The zero-order valence-corrected chi connectivity index (χ0v) is 8.80. The topological polar surface area (TPSA) is 48.1 Å². The third-order valence-electron chi connectivity index (χ3n) is 2.13. The fraction of sp³-hybridized carbons (Fsp3) is 0.500. The summed E-state index contributed by atoms with van der Waals surface area (Å²) in [6, 6.07) is 3.70. The summed E-state index contributed by atoms with van der Waals surface area (Å²) in [5.41, 5.74) is 6.47. The summed E-state index contributed by atoms with van der Waals surface area (Å²) < 4.78 is 5.48. The van der Waals surface area contributed by atoms with Gasteiger partial charge in [0, 0.05) is 6.20 Å². The van der Waals surface area contributed by atoms with Gasteiger partial charge < -0.3 is 10.5 Å². The minimum absolute atomic E-state index is 0.651. The first kappa shape index (κ1) is 9.80. The highest BCUT2D eigenvalue weighted by atomic mass is 32.2. The van der Waals surface area contributed by atoms with E-state index in [9.17, 15) is 0 Å². The van der Waals surface area contributed by atoms with E-state index in [2.05, 4.69) is 4.98 Å². The molecule has 0 bridgehead atoms. The smallest absolute Gasteiger partial charge is 0.121 e. The van der Waals surface area contributed by atoms with Crippen molar-refractivity contribution in [3.8, 4) is 0 Å². The maximum absolute atomic E-state index is 5.74. The molecule has 1 aliphatic carbocycles. The monoisotopic (exact) mass is 210 g/mol. The molecule has 0 radical (unpaired) electrons. The van der Waals surface area contributed by atoms with Crippen molar-refractivity contribution < 1.29 is 4.74 Å². The molecule has 1 aromatic heterocycles. The third kappa shape index (κ3) is 2.89. The van der Waals surface area contributed by atoms with Gasteiger partial charge in [-0.2, -0.15) is 0 Å². The van der Waals surface area contributed by atoms with Crippen LogP contribution >= 0.6 is 11.8 Å². The number of pyridine rings is 1. The van der Waals surface area contributed by atoms with E-state index in [1.54, 1.807) is 18.0 Å². The van der Waals surface area contributed by atoms with Crippen LogP contribution in [0, 0.1) is 5.92 Å². The van der Waals surface area contributed by atoms with Crippen LogP contribution in [0.5, 0.6) is 0 Å². The Kier molecular flexibility index (Phi) is 3.26. The first-order chi connectivity index (χ1) is 6.86. The molecular formula is C10H14N2OS. The Bertz CT molecular complexity index is 302. The lowest BCUT2D eigenvalue weighted by Gasteiger charge is -2.04. The minimum atomic E-state index is 0.651. The number of aromatic nitrogens is 1. The van der Waals surface area contributed by atoms with E-state index in [1.807, 2.05) is 12.1 Å². The number of hydrogen-bond acceptors (Lipinski definition) is 4. The predicted octanol–water partition coefficient (Wildman–Crippen LogP) is 2.14. The molecule has 0 aliphatic heterocycles. The second kappa shape index (κ2) is 4.66. The van der Waals surface area contributed by atoms with Crippen molar-refractivity contribution in [3.63, 3.8) is 0 Å². The van der Waals surface area contributed by atoms with Crippen molar-refractivity contribution in [1.82, 2.24) is 4.98 Å². The van der Waals surface area contributed by atoms with Crippen molar-refractivity contribution in [2.24, 2.45) is 5.92 Å². The lowest BCUT2D eigenvalue weighted by Crippen LogP contribution is -1.97. The molecule has 1 aliphatic rings. The summed E-state index contributed by atoms with van der Waals surface area (Å²) >= 11 is 1.56. The van der Waals surface area contributed by atoms with E-state index < -0.39 is 0 Å². The first-order valence-corrected chi connectivity index (χ1v) is 5.76. The summed E-state index contributed by atoms with van der Waals surface area (Å²) in [4.78, 5) is 4.17. The molecule has 0 unspecified atom stereocenters. The summed E-state index contributed by atoms with van der Waals surface area (Å²) in [6.07, 6.45) is 4.41. The van der Waals surface area contributed by atoms with Gasteiger partial charge in [0.25, 0.3) is 0 Å². The maximum atomic E-state index is 5.74. The van der Waals surface area contributed by atoms with E-state index in [4.69, 9.17) is 10.5 Å². The Hall–Kier alpha value is -0.740. The molecule has 1 aromatic rings. The quantitative estimate of drug-likeness (QED) is 0.459. The van der Waals surface area contributed by atoms with E-state index >= 15 is 0 Å². The van der Waals surface area contributed by atoms with Crippen LogP contribution in [0.4, 0.5) is 5.69 Å². The molecule has 1 heterocycles. The van der Waals surface area contributed by atoms with E-state index in [1.165, 1.54) is 12.8 Å². The normalized spacial score (nSPS) is 15.7. The van der Waals surface area contributed by atoms with Crippen LogP contribution in [-0.2, 0) is 4.74 Å². The van der Waals surface area contributed by atoms with Gasteiger partial charge in [0.1, 0.15) is 5.03 Å². The molecule has 0 atom stereocenters. The molecule has 4 heteroatoms. The van der Waals surface area contributed by atoms with Gasteiger partial charge in [0.15, 0.2) is 0 Å². The zero-order chi connectivity index (χ0) is 9.80. The number of anilines is 1. The van der Waals surface area contributed by atoms with Crippen LogP contribution in [-0.4, -0.2) is 17.5 Å². The fourth-order valence-corrected chi connectivity index (χ4v) is 1.78. The molecule has 0 amide bonds. The van der Waals surface area contributed by atoms with Crippen LogP contribution in [0.15, 0.2) is 23.4 Å². The minimum Gasteiger partial charge on any atom is -0.397 e. The van der Waals surface area contributed by atoms with Crippen LogP contribution in [0.2, 0.25) is 0 Å². The Labute approximate surface area is 88.0 Å². The molecule has 3 nitrogen and oxygen atoms in total. The fourth-order valence-electron chi connectivity index (χ4n) is 1.12. The van der Waals surface area contributed by atoms with Crippen LogP contribution in [0.25, 0.3) is 0 Å². The van der Waals surface area contributed by atoms with Gasteiger partial charge in [-0.3, -0.25) is 0 Å². The molecule has 0 aromatic carbocycles. The van der Waals surface area contributed by atoms with Gasteiger partial charge in [0.2, 0.25) is 0 Å². The van der Waals surface area contributed by atoms with Crippen LogP contribution in [0.3, 0.4) is 0 Å². The molecule has 14 heavy (non-hydrogen) atoms. The van der Waals surface area contributed by atoms with E-state index in [0.29, 0.717) is 5.94 Å². The van der Waals surface area contributed by atoms with Crippen molar-refractivity contribution in [2.75, 3.05) is 18.3 Å². The number of rotatable bonds is 5. The number of nitrogen functional groups attached to an aromatic ring is 1. The van der Waals surface area contributed by atoms with Gasteiger partial charge in [-0.15, -0.1) is 0 Å². The number of thioether (sulfide) groups is 1. The molecule has 0 saturated heterocycles. The highest BCUT2D eigenvalue weighted by Gasteiger charge is 2.20. The largest absolute Gasteiger partial charge is 0.397 e. The third-order valence-corrected chi connectivity index (χ3v) is 3.03. The van der Waals surface area contributed by atoms with Crippen molar-refractivity contribution in [3.05, 3.63) is 18.3 Å². The highest BCUT2D eigenvalue weighted by molar-refractivity contribution is 7.99. The van der Waals surface area contributed by atoms with Crippen LogP contribution < -0.4 is 5.73 Å². The van der Waals surface area contributed by atoms with Gasteiger partial charge >= 0.3 is 0 Å². The molecule has 1 saturated carbocycles. The number of hydrogen-bond donors (Lipinski definition) is 1.